The third-order valence-corrected chi connectivity index (χ3v) is 4.07. The highest BCUT2D eigenvalue weighted by Gasteiger charge is 2.17. The van der Waals surface area contributed by atoms with Gasteiger partial charge in [0.25, 0.3) is 0 Å². The van der Waals surface area contributed by atoms with E-state index in [4.69, 9.17) is 4.74 Å². The summed E-state index contributed by atoms with van der Waals surface area (Å²) >= 11 is 2.87. The summed E-state index contributed by atoms with van der Waals surface area (Å²) in [5, 5.41) is 6.33. The van der Waals surface area contributed by atoms with Gasteiger partial charge in [-0.25, -0.2) is 19.7 Å². The van der Waals surface area contributed by atoms with Crippen LogP contribution in [0.3, 0.4) is 0 Å². The van der Waals surface area contributed by atoms with Gasteiger partial charge in [-0.3, -0.25) is 0 Å². The van der Waals surface area contributed by atoms with Crippen LogP contribution < -0.4 is 5.32 Å². The number of hydrogen-bond acceptors (Lipinski definition) is 9. The first kappa shape index (κ1) is 17.6. The number of rotatable bonds is 7. The molecule has 124 valence electrons. The lowest BCUT2D eigenvalue weighted by Gasteiger charge is -2.09. The number of nitrogens with one attached hydrogen (secondary N) is 1. The van der Waals surface area contributed by atoms with Crippen molar-refractivity contribution >= 4 is 40.0 Å². The number of thioether (sulfide) groups is 1. The van der Waals surface area contributed by atoms with E-state index in [1.54, 1.807) is 6.92 Å². The van der Waals surface area contributed by atoms with Gasteiger partial charge in [-0.15, -0.1) is 11.3 Å². The Labute approximate surface area is 143 Å². The van der Waals surface area contributed by atoms with Crippen LogP contribution in [-0.2, 0) is 11.3 Å². The van der Waals surface area contributed by atoms with E-state index >= 15 is 0 Å². The summed E-state index contributed by atoms with van der Waals surface area (Å²) in [6.45, 7) is 2.81. The van der Waals surface area contributed by atoms with Gasteiger partial charge in [0.15, 0.2) is 16.1 Å². The van der Waals surface area contributed by atoms with Gasteiger partial charge < -0.3 is 15.0 Å². The second-order valence-corrected chi connectivity index (χ2v) is 6.48. The van der Waals surface area contributed by atoms with Gasteiger partial charge in [-0.05, 0) is 27.3 Å². The van der Waals surface area contributed by atoms with Crippen molar-refractivity contribution < 1.29 is 9.53 Å². The first-order valence-electron chi connectivity index (χ1n) is 6.97. The zero-order valence-corrected chi connectivity index (χ0v) is 15.1. The molecular weight excluding hydrogens is 334 g/mol. The Hall–Kier alpha value is -1.71. The molecule has 0 aromatic carbocycles. The number of anilines is 2. The largest absolute Gasteiger partial charge is 0.462 e. The average Bonchev–Trinajstić information content (AvgIpc) is 2.93. The zero-order chi connectivity index (χ0) is 16.8. The highest BCUT2D eigenvalue weighted by Crippen LogP contribution is 2.24. The predicted octanol–water partition coefficient (Wildman–Crippen LogP) is 2.64. The molecule has 2 aromatic heterocycles. The maximum Gasteiger partial charge on any atom is 0.343 e. The van der Waals surface area contributed by atoms with Gasteiger partial charge in [0.2, 0.25) is 0 Å². The summed E-state index contributed by atoms with van der Waals surface area (Å²) in [6, 6.07) is 0. The molecule has 7 nitrogen and oxygen atoms in total. The Kier molecular flexibility index (Phi) is 6.31. The number of esters is 1. The first-order chi connectivity index (χ1) is 11.0. The van der Waals surface area contributed by atoms with Gasteiger partial charge >= 0.3 is 5.97 Å². The van der Waals surface area contributed by atoms with Crippen LogP contribution >= 0.6 is 23.1 Å². The van der Waals surface area contributed by atoms with Crippen molar-refractivity contribution in [2.75, 3.05) is 32.3 Å². The predicted molar refractivity (Wildman–Crippen MR) is 92.6 cm³/mol. The molecule has 0 aliphatic carbocycles. The van der Waals surface area contributed by atoms with E-state index in [0.29, 0.717) is 28.3 Å². The minimum Gasteiger partial charge on any atom is -0.462 e. The molecule has 2 aromatic rings. The number of thiazole rings is 1. The Morgan fingerprint density at radius 3 is 2.87 bits per heavy atom. The van der Waals surface area contributed by atoms with Crippen LogP contribution in [0.25, 0.3) is 0 Å². The molecule has 0 unspecified atom stereocenters. The van der Waals surface area contributed by atoms with Crippen LogP contribution in [0.1, 0.15) is 23.0 Å². The van der Waals surface area contributed by atoms with E-state index in [9.17, 15) is 4.79 Å². The zero-order valence-electron chi connectivity index (χ0n) is 13.5. The third-order valence-electron chi connectivity index (χ3n) is 2.70. The van der Waals surface area contributed by atoms with Crippen LogP contribution in [-0.4, -0.2) is 52.8 Å². The summed E-state index contributed by atoms with van der Waals surface area (Å²) in [4.78, 5) is 27.1. The highest BCUT2D eigenvalue weighted by atomic mass is 32.2. The molecule has 0 aliphatic rings. The van der Waals surface area contributed by atoms with E-state index in [1.165, 1.54) is 29.3 Å². The van der Waals surface area contributed by atoms with Crippen molar-refractivity contribution in [3.63, 3.8) is 0 Å². The highest BCUT2D eigenvalue weighted by molar-refractivity contribution is 7.98. The van der Waals surface area contributed by atoms with E-state index in [1.807, 2.05) is 30.6 Å². The summed E-state index contributed by atoms with van der Waals surface area (Å²) in [5.41, 5.74) is 1.26. The topological polar surface area (TPSA) is 80.2 Å². The molecule has 2 rings (SSSR count). The second kappa shape index (κ2) is 8.23. The van der Waals surface area contributed by atoms with Crippen LogP contribution in [0.5, 0.6) is 0 Å². The van der Waals surface area contributed by atoms with Gasteiger partial charge in [0.1, 0.15) is 5.56 Å². The summed E-state index contributed by atoms with van der Waals surface area (Å²) in [7, 11) is 3.97. The quantitative estimate of drug-likeness (QED) is 0.462. The molecule has 0 radical (unpaired) electrons. The first-order valence-corrected chi connectivity index (χ1v) is 9.08. The van der Waals surface area contributed by atoms with Crippen molar-refractivity contribution in [3.05, 3.63) is 22.8 Å². The van der Waals surface area contributed by atoms with Crippen LogP contribution in [0.4, 0.5) is 10.9 Å². The Morgan fingerprint density at radius 1 is 1.43 bits per heavy atom. The lowest BCUT2D eigenvalue weighted by molar-refractivity contribution is 0.0526. The van der Waals surface area contributed by atoms with Crippen LogP contribution in [0.15, 0.2) is 16.7 Å². The SMILES string of the molecule is CCOC(=O)c1cnc(SC)nc1Nc1nc(CN(C)C)cs1. The Balaban J connectivity index is 2.25. The van der Waals surface area contributed by atoms with Crippen molar-refractivity contribution in [3.8, 4) is 0 Å². The molecular formula is C14H19N5O2S2. The van der Waals surface area contributed by atoms with Gasteiger partial charge in [0, 0.05) is 18.1 Å². The van der Waals surface area contributed by atoms with E-state index in [0.717, 1.165) is 12.2 Å². The van der Waals surface area contributed by atoms with Crippen molar-refractivity contribution in [2.24, 2.45) is 0 Å². The lowest BCUT2D eigenvalue weighted by atomic mass is 10.3. The molecule has 0 atom stereocenters. The average molecular weight is 353 g/mol. The summed E-state index contributed by atoms with van der Waals surface area (Å²) in [6.07, 6.45) is 3.36. The fraction of sp³-hybridized carbons (Fsp3) is 0.429. The third kappa shape index (κ3) is 4.88. The molecule has 0 amide bonds. The van der Waals surface area contributed by atoms with Crippen molar-refractivity contribution in [1.82, 2.24) is 19.9 Å². The van der Waals surface area contributed by atoms with Gasteiger partial charge in [-0.1, -0.05) is 11.8 Å². The van der Waals surface area contributed by atoms with Crippen molar-refractivity contribution in [1.29, 1.82) is 0 Å². The normalized spacial score (nSPS) is 10.8. The maximum atomic E-state index is 12.0. The molecule has 23 heavy (non-hydrogen) atoms. The summed E-state index contributed by atoms with van der Waals surface area (Å²) < 4.78 is 5.05. The van der Waals surface area contributed by atoms with Crippen LogP contribution in [0.2, 0.25) is 0 Å². The van der Waals surface area contributed by atoms with E-state index in [-0.39, 0.29) is 0 Å². The molecule has 2 heterocycles. The molecule has 0 aliphatic heterocycles. The van der Waals surface area contributed by atoms with E-state index < -0.39 is 5.97 Å². The Morgan fingerprint density at radius 2 is 2.22 bits per heavy atom. The molecule has 1 N–H and O–H groups in total. The standard InChI is InChI=1S/C14H19N5O2S2/c1-5-21-12(20)10-6-15-13(22-4)17-11(10)18-14-16-9(8-23-14)7-19(2)3/h6,8H,5,7H2,1-4H3,(H,15,16,17,18). The summed E-state index contributed by atoms with van der Waals surface area (Å²) in [5.74, 6) is -0.0405. The maximum absolute atomic E-state index is 12.0. The fourth-order valence-electron chi connectivity index (χ4n) is 1.78. The number of aromatic nitrogens is 3. The number of hydrogen-bond donors (Lipinski definition) is 1. The number of carbonyl (C=O) groups excluding carboxylic acids is 1. The van der Waals surface area contributed by atoms with Gasteiger partial charge in [-0.2, -0.15) is 0 Å². The molecule has 0 spiro atoms. The Bertz CT molecular complexity index is 675. The number of ether oxygens (including phenoxy) is 1. The lowest BCUT2D eigenvalue weighted by Crippen LogP contribution is -2.12. The smallest absolute Gasteiger partial charge is 0.343 e. The molecule has 9 heteroatoms. The van der Waals surface area contributed by atoms with Gasteiger partial charge in [0.05, 0.1) is 12.3 Å². The molecule has 0 saturated carbocycles. The molecule has 0 bridgehead atoms. The number of nitrogens with zero attached hydrogens (tertiary/aromatic N) is 4. The fourth-order valence-corrected chi connectivity index (χ4v) is 2.82. The van der Waals surface area contributed by atoms with E-state index in [2.05, 4.69) is 20.3 Å². The minimum atomic E-state index is -0.451. The molecule has 0 fully saturated rings. The van der Waals surface area contributed by atoms with Crippen LogP contribution in [0, 0.1) is 0 Å². The second-order valence-electron chi connectivity index (χ2n) is 4.85. The molecule has 0 saturated heterocycles. The number of carbonyl (C=O) groups is 1. The van der Waals surface area contributed by atoms with Crippen molar-refractivity contribution in [2.45, 2.75) is 18.6 Å². The monoisotopic (exact) mass is 353 g/mol. The minimum absolute atomic E-state index is 0.298.